The van der Waals surface area contributed by atoms with E-state index >= 15 is 0 Å². The van der Waals surface area contributed by atoms with Gasteiger partial charge in [0.2, 0.25) is 11.8 Å². The van der Waals surface area contributed by atoms with Gasteiger partial charge in [0.05, 0.1) is 12.6 Å². The number of amides is 2. The van der Waals surface area contributed by atoms with Crippen LogP contribution in [-0.2, 0) is 20.8 Å². The summed E-state index contributed by atoms with van der Waals surface area (Å²) in [6, 6.07) is 8.01. The van der Waals surface area contributed by atoms with E-state index in [4.69, 9.17) is 5.73 Å². The lowest BCUT2D eigenvalue weighted by Crippen LogP contribution is -2.50. The lowest BCUT2D eigenvalue weighted by atomic mass is 10.1. The highest BCUT2D eigenvalue weighted by Gasteiger charge is 2.18. The lowest BCUT2D eigenvalue weighted by molar-refractivity contribution is -0.129. The molecule has 20 heavy (non-hydrogen) atoms. The highest BCUT2D eigenvalue weighted by atomic mass is 16.2. The molecule has 0 saturated heterocycles. The highest BCUT2D eigenvalue weighted by Crippen LogP contribution is 2.02. The molecule has 6 nitrogen and oxygen atoms in total. The van der Waals surface area contributed by atoms with Gasteiger partial charge in [-0.2, -0.15) is 0 Å². The molecular formula is C14H19N3O3. The SMILES string of the molecule is C[C@H](NC(=O)CN)C(=O)N[C@H](C=O)Cc1ccccc1. The van der Waals surface area contributed by atoms with Crippen molar-refractivity contribution in [1.29, 1.82) is 0 Å². The van der Waals surface area contributed by atoms with E-state index in [1.807, 2.05) is 30.3 Å². The minimum atomic E-state index is -0.732. The Kier molecular flexibility index (Phi) is 6.39. The average Bonchev–Trinajstić information content (AvgIpc) is 2.47. The van der Waals surface area contributed by atoms with E-state index in [1.165, 1.54) is 6.92 Å². The van der Waals surface area contributed by atoms with Crippen LogP contribution in [0.5, 0.6) is 0 Å². The summed E-state index contributed by atoms with van der Waals surface area (Å²) in [5, 5.41) is 5.01. The van der Waals surface area contributed by atoms with Gasteiger partial charge in [0.15, 0.2) is 0 Å². The van der Waals surface area contributed by atoms with Gasteiger partial charge >= 0.3 is 0 Å². The van der Waals surface area contributed by atoms with Crippen LogP contribution in [0.15, 0.2) is 30.3 Å². The molecule has 0 aliphatic heterocycles. The molecule has 1 aromatic rings. The summed E-state index contributed by atoms with van der Waals surface area (Å²) in [6.45, 7) is 1.35. The summed E-state index contributed by atoms with van der Waals surface area (Å²) in [5.41, 5.74) is 6.10. The normalized spacial score (nSPS) is 13.1. The second kappa shape index (κ2) is 8.06. The van der Waals surface area contributed by atoms with E-state index in [9.17, 15) is 14.4 Å². The van der Waals surface area contributed by atoms with Gasteiger partial charge in [0.1, 0.15) is 12.3 Å². The first-order valence-corrected chi connectivity index (χ1v) is 6.35. The molecule has 1 aromatic carbocycles. The maximum atomic E-state index is 11.8. The molecule has 0 bridgehead atoms. The van der Waals surface area contributed by atoms with Crippen LogP contribution in [0.3, 0.4) is 0 Å². The van der Waals surface area contributed by atoms with Crippen LogP contribution in [0.25, 0.3) is 0 Å². The molecule has 0 unspecified atom stereocenters. The number of carbonyl (C=O) groups is 3. The minimum Gasteiger partial charge on any atom is -0.344 e. The Hall–Kier alpha value is -2.21. The molecule has 0 heterocycles. The van der Waals surface area contributed by atoms with Crippen molar-refractivity contribution >= 4 is 18.1 Å². The molecule has 0 aliphatic rings. The molecule has 1 rings (SSSR count). The second-order valence-electron chi connectivity index (χ2n) is 4.43. The van der Waals surface area contributed by atoms with Gasteiger partial charge in [-0.05, 0) is 18.9 Å². The summed E-state index contributed by atoms with van der Waals surface area (Å²) in [4.78, 5) is 33.9. The third-order valence-electron chi connectivity index (χ3n) is 2.75. The number of aldehydes is 1. The topological polar surface area (TPSA) is 101 Å². The Bertz CT molecular complexity index is 462. The number of nitrogens with two attached hydrogens (primary N) is 1. The van der Waals surface area contributed by atoms with Crippen LogP contribution in [0.2, 0.25) is 0 Å². The predicted molar refractivity (Wildman–Crippen MR) is 74.8 cm³/mol. The standard InChI is InChI=1S/C14H19N3O3/c1-10(16-13(19)8-15)14(20)17-12(9-18)7-11-5-3-2-4-6-11/h2-6,9-10,12H,7-8,15H2,1H3,(H,16,19)(H,17,20)/t10-,12-/m0/s1. The molecule has 2 atom stereocenters. The van der Waals surface area contributed by atoms with Gasteiger partial charge in [-0.1, -0.05) is 30.3 Å². The van der Waals surface area contributed by atoms with Gasteiger partial charge in [0, 0.05) is 0 Å². The molecule has 0 radical (unpaired) electrons. The van der Waals surface area contributed by atoms with Crippen molar-refractivity contribution < 1.29 is 14.4 Å². The summed E-state index contributed by atoms with van der Waals surface area (Å²) >= 11 is 0. The van der Waals surface area contributed by atoms with Crippen molar-refractivity contribution in [3.8, 4) is 0 Å². The fourth-order valence-electron chi connectivity index (χ4n) is 1.67. The summed E-state index contributed by atoms with van der Waals surface area (Å²) in [7, 11) is 0. The zero-order valence-corrected chi connectivity index (χ0v) is 11.3. The zero-order chi connectivity index (χ0) is 15.0. The monoisotopic (exact) mass is 277 g/mol. The van der Waals surface area contributed by atoms with Crippen LogP contribution in [0.1, 0.15) is 12.5 Å². The Balaban J connectivity index is 2.53. The minimum absolute atomic E-state index is 0.182. The van der Waals surface area contributed by atoms with Crippen molar-refractivity contribution in [2.24, 2.45) is 5.73 Å². The van der Waals surface area contributed by atoms with Crippen LogP contribution in [0.4, 0.5) is 0 Å². The van der Waals surface area contributed by atoms with Crippen molar-refractivity contribution in [3.63, 3.8) is 0 Å². The highest BCUT2D eigenvalue weighted by molar-refractivity contribution is 5.89. The van der Waals surface area contributed by atoms with E-state index in [0.717, 1.165) is 5.56 Å². The number of carbonyl (C=O) groups excluding carboxylic acids is 3. The summed E-state index contributed by atoms with van der Waals surface area (Å²) in [6.07, 6.45) is 1.09. The van der Waals surface area contributed by atoms with Crippen molar-refractivity contribution in [2.45, 2.75) is 25.4 Å². The van der Waals surface area contributed by atoms with Crippen molar-refractivity contribution in [1.82, 2.24) is 10.6 Å². The molecule has 6 heteroatoms. The first-order valence-electron chi connectivity index (χ1n) is 6.35. The molecule has 108 valence electrons. The first-order chi connectivity index (χ1) is 9.56. The maximum Gasteiger partial charge on any atom is 0.242 e. The van der Waals surface area contributed by atoms with E-state index in [1.54, 1.807) is 0 Å². The quantitative estimate of drug-likeness (QED) is 0.578. The van der Waals surface area contributed by atoms with Gasteiger partial charge < -0.3 is 21.2 Å². The molecule has 0 aromatic heterocycles. The Labute approximate surface area is 117 Å². The fraction of sp³-hybridized carbons (Fsp3) is 0.357. The van der Waals surface area contributed by atoms with E-state index in [0.29, 0.717) is 12.7 Å². The lowest BCUT2D eigenvalue weighted by Gasteiger charge is -2.17. The average molecular weight is 277 g/mol. The maximum absolute atomic E-state index is 11.8. The van der Waals surface area contributed by atoms with Crippen molar-refractivity contribution in [3.05, 3.63) is 35.9 Å². The predicted octanol–water partition coefficient (Wildman–Crippen LogP) is -0.624. The number of benzene rings is 1. The third-order valence-corrected chi connectivity index (χ3v) is 2.75. The van der Waals surface area contributed by atoms with Gasteiger partial charge in [-0.3, -0.25) is 9.59 Å². The number of hydrogen-bond donors (Lipinski definition) is 3. The molecule has 2 amide bonds. The largest absolute Gasteiger partial charge is 0.344 e. The number of rotatable bonds is 7. The first kappa shape index (κ1) is 15.8. The second-order valence-corrected chi connectivity index (χ2v) is 4.43. The summed E-state index contributed by atoms with van der Waals surface area (Å²) < 4.78 is 0. The van der Waals surface area contributed by atoms with E-state index in [-0.39, 0.29) is 6.54 Å². The van der Waals surface area contributed by atoms with Crippen molar-refractivity contribution in [2.75, 3.05) is 6.54 Å². The molecular weight excluding hydrogens is 258 g/mol. The van der Waals surface area contributed by atoms with Crippen LogP contribution in [-0.4, -0.2) is 36.7 Å². The molecule has 4 N–H and O–H groups in total. The molecule has 0 saturated carbocycles. The Morgan fingerprint density at radius 2 is 1.90 bits per heavy atom. The van der Waals surface area contributed by atoms with Crippen LogP contribution < -0.4 is 16.4 Å². The Morgan fingerprint density at radius 3 is 2.45 bits per heavy atom. The number of hydrogen-bond acceptors (Lipinski definition) is 4. The Morgan fingerprint density at radius 1 is 1.25 bits per heavy atom. The third kappa shape index (κ3) is 5.19. The summed E-state index contributed by atoms with van der Waals surface area (Å²) in [5.74, 6) is -0.835. The zero-order valence-electron chi connectivity index (χ0n) is 11.3. The van der Waals surface area contributed by atoms with E-state index < -0.39 is 23.9 Å². The van der Waals surface area contributed by atoms with E-state index in [2.05, 4.69) is 10.6 Å². The van der Waals surface area contributed by atoms with Crippen LogP contribution in [0, 0.1) is 0 Å². The van der Waals surface area contributed by atoms with Gasteiger partial charge in [-0.25, -0.2) is 0 Å². The van der Waals surface area contributed by atoms with Gasteiger partial charge in [-0.15, -0.1) is 0 Å². The van der Waals surface area contributed by atoms with Crippen LogP contribution >= 0.6 is 0 Å². The molecule has 0 fully saturated rings. The fourth-order valence-corrected chi connectivity index (χ4v) is 1.67. The smallest absolute Gasteiger partial charge is 0.242 e. The molecule has 0 spiro atoms. The van der Waals surface area contributed by atoms with Gasteiger partial charge in [0.25, 0.3) is 0 Å². The number of nitrogens with one attached hydrogen (secondary N) is 2. The molecule has 0 aliphatic carbocycles.